The van der Waals surface area contributed by atoms with Crippen molar-refractivity contribution < 1.29 is 27.2 Å². The van der Waals surface area contributed by atoms with Crippen LogP contribution in [0.1, 0.15) is 23.1 Å². The normalized spacial score (nSPS) is 21.7. The number of aromatic nitrogens is 2. The number of carbonyl (C=O) groups is 2. The summed E-state index contributed by atoms with van der Waals surface area (Å²) in [6.07, 6.45) is -2.76. The number of carbonyl (C=O) groups excluding carboxylic acids is 2. The van der Waals surface area contributed by atoms with Gasteiger partial charge >= 0.3 is 6.18 Å². The van der Waals surface area contributed by atoms with Crippen molar-refractivity contribution >= 4 is 51.5 Å². The highest BCUT2D eigenvalue weighted by atomic mass is 35.5. The number of nitrogens with zero attached hydrogens (tertiary/aromatic N) is 5. The maximum absolute atomic E-state index is 14.8. The zero-order valence-corrected chi connectivity index (χ0v) is 21.7. The van der Waals surface area contributed by atoms with Gasteiger partial charge in [-0.3, -0.25) is 24.1 Å². The summed E-state index contributed by atoms with van der Waals surface area (Å²) in [6, 6.07) is 9.72. The highest BCUT2D eigenvalue weighted by Crippen LogP contribution is 2.37. The van der Waals surface area contributed by atoms with Crippen molar-refractivity contribution in [2.75, 3.05) is 19.6 Å². The first-order valence-electron chi connectivity index (χ1n) is 11.9. The monoisotopic (exact) mass is 577 g/mol. The Kier molecular flexibility index (Phi) is 7.41. The fraction of sp³-hybridized carbons (Fsp3) is 0.308. The van der Waals surface area contributed by atoms with E-state index in [0.717, 1.165) is 22.7 Å². The molecule has 2 atom stereocenters. The lowest BCUT2D eigenvalue weighted by Crippen LogP contribution is -2.53. The Morgan fingerprint density at radius 3 is 2.72 bits per heavy atom. The van der Waals surface area contributed by atoms with Crippen LogP contribution in [0.3, 0.4) is 0 Å². The van der Waals surface area contributed by atoms with E-state index in [2.05, 4.69) is 5.10 Å². The van der Waals surface area contributed by atoms with Crippen molar-refractivity contribution in [2.45, 2.75) is 31.4 Å². The van der Waals surface area contributed by atoms with Crippen LogP contribution >= 0.6 is 23.4 Å². The van der Waals surface area contributed by atoms with Gasteiger partial charge in [-0.2, -0.15) is 23.5 Å². The summed E-state index contributed by atoms with van der Waals surface area (Å²) in [5, 5.41) is 13.1. The fourth-order valence-corrected chi connectivity index (χ4v) is 5.90. The molecule has 2 fully saturated rings. The topological polar surface area (TPSA) is 82.2 Å². The van der Waals surface area contributed by atoms with Gasteiger partial charge in [0.1, 0.15) is 6.17 Å². The van der Waals surface area contributed by atoms with E-state index in [1.807, 2.05) is 6.07 Å². The minimum atomic E-state index is -4.57. The third kappa shape index (κ3) is 5.52. The lowest BCUT2D eigenvalue weighted by molar-refractivity contribution is -0.138. The quantitative estimate of drug-likeness (QED) is 0.219. The number of halogens is 5. The molecular weight excluding hydrogens is 558 g/mol. The van der Waals surface area contributed by atoms with Crippen LogP contribution < -0.4 is 0 Å². The van der Waals surface area contributed by atoms with Crippen molar-refractivity contribution in [3.8, 4) is 6.07 Å². The molecule has 0 saturated carbocycles. The summed E-state index contributed by atoms with van der Waals surface area (Å²) in [5.74, 6) is -0.579. The first kappa shape index (κ1) is 27.2. The first-order chi connectivity index (χ1) is 18.5. The predicted octanol–water partition coefficient (Wildman–Crippen LogP) is 5.73. The smallest absolute Gasteiger partial charge is 0.288 e. The summed E-state index contributed by atoms with van der Waals surface area (Å²) in [7, 11) is 0. The summed E-state index contributed by atoms with van der Waals surface area (Å²) < 4.78 is 56.8. The molecule has 1 aromatic heterocycles. The molecule has 13 heteroatoms. The molecule has 202 valence electrons. The number of benzene rings is 2. The number of hydrogen-bond acceptors (Lipinski definition) is 6. The summed E-state index contributed by atoms with van der Waals surface area (Å²) in [5.41, 5.74) is 0.333. The van der Waals surface area contributed by atoms with Gasteiger partial charge < -0.3 is 0 Å². The molecule has 3 heterocycles. The van der Waals surface area contributed by atoms with Crippen LogP contribution in [0.15, 0.2) is 47.5 Å². The maximum Gasteiger partial charge on any atom is 0.416 e. The average molecular weight is 578 g/mol. The molecule has 0 unspecified atom stereocenters. The number of piperidine rings is 1. The Hall–Kier alpha value is -3.40. The van der Waals surface area contributed by atoms with Gasteiger partial charge in [0.15, 0.2) is 0 Å². The minimum Gasteiger partial charge on any atom is -0.288 e. The van der Waals surface area contributed by atoms with E-state index in [0.29, 0.717) is 23.0 Å². The van der Waals surface area contributed by atoms with E-state index in [9.17, 15) is 27.2 Å². The van der Waals surface area contributed by atoms with Crippen LogP contribution in [-0.4, -0.2) is 62.6 Å². The van der Waals surface area contributed by atoms with Gasteiger partial charge in [0, 0.05) is 23.5 Å². The SMILES string of the molecule is N#CCN1CC[C@H](N2C(=O)SC(=Cc3ccc4c(cnn4Cc4ccc(Cl)cc4C(F)(F)F)c3)C2=O)[C@@H](F)C1. The molecule has 3 aromatic rings. The van der Waals surface area contributed by atoms with Gasteiger partial charge in [-0.15, -0.1) is 0 Å². The zero-order chi connectivity index (χ0) is 27.9. The molecular formula is C26H20ClF4N5O2S. The van der Waals surface area contributed by atoms with E-state index in [1.54, 1.807) is 23.1 Å². The number of amides is 2. The fourth-order valence-electron chi connectivity index (χ4n) is 4.84. The molecule has 0 aliphatic carbocycles. The van der Waals surface area contributed by atoms with Gasteiger partial charge in [0.05, 0.1) is 47.4 Å². The summed E-state index contributed by atoms with van der Waals surface area (Å²) in [6.45, 7) is 0.323. The number of thioether (sulfide) groups is 1. The van der Waals surface area contributed by atoms with E-state index < -0.39 is 35.1 Å². The summed E-state index contributed by atoms with van der Waals surface area (Å²) in [4.78, 5) is 28.4. The number of imide groups is 1. The first-order valence-corrected chi connectivity index (χ1v) is 13.1. The molecule has 2 aliphatic heterocycles. The molecule has 5 rings (SSSR count). The van der Waals surface area contributed by atoms with Crippen LogP contribution in [-0.2, 0) is 17.5 Å². The molecule has 39 heavy (non-hydrogen) atoms. The predicted molar refractivity (Wildman–Crippen MR) is 138 cm³/mol. The Bertz CT molecular complexity index is 1530. The Morgan fingerprint density at radius 2 is 2.00 bits per heavy atom. The Balaban J connectivity index is 1.36. The molecule has 0 N–H and O–H groups in total. The number of nitriles is 1. The highest BCUT2D eigenvalue weighted by molar-refractivity contribution is 8.18. The second-order valence-corrected chi connectivity index (χ2v) is 10.7. The van der Waals surface area contributed by atoms with Crippen molar-refractivity contribution in [3.05, 3.63) is 69.2 Å². The lowest BCUT2D eigenvalue weighted by atomic mass is 10.0. The van der Waals surface area contributed by atoms with E-state index in [4.69, 9.17) is 16.9 Å². The van der Waals surface area contributed by atoms with Gasteiger partial charge in [-0.05, 0) is 59.7 Å². The van der Waals surface area contributed by atoms with Crippen LogP contribution in [0.5, 0.6) is 0 Å². The van der Waals surface area contributed by atoms with Crippen molar-refractivity contribution in [1.82, 2.24) is 19.6 Å². The molecule has 2 amide bonds. The third-order valence-corrected chi connectivity index (χ3v) is 7.82. The Labute approximate surface area is 229 Å². The highest BCUT2D eigenvalue weighted by Gasteiger charge is 2.45. The number of alkyl halides is 4. The van der Waals surface area contributed by atoms with Crippen LogP contribution in [0.2, 0.25) is 5.02 Å². The van der Waals surface area contributed by atoms with E-state index in [-0.39, 0.29) is 41.5 Å². The lowest BCUT2D eigenvalue weighted by Gasteiger charge is -2.36. The van der Waals surface area contributed by atoms with Gasteiger partial charge in [0.2, 0.25) is 0 Å². The van der Waals surface area contributed by atoms with Gasteiger partial charge in [0.25, 0.3) is 11.1 Å². The molecule has 2 aromatic carbocycles. The Morgan fingerprint density at radius 1 is 1.21 bits per heavy atom. The van der Waals surface area contributed by atoms with E-state index in [1.165, 1.54) is 29.1 Å². The number of fused-ring (bicyclic) bond motifs is 1. The number of likely N-dealkylation sites (tertiary alicyclic amines) is 1. The number of hydrogen-bond donors (Lipinski definition) is 0. The van der Waals surface area contributed by atoms with Crippen LogP contribution in [0, 0.1) is 11.3 Å². The van der Waals surface area contributed by atoms with Crippen LogP contribution in [0.25, 0.3) is 17.0 Å². The number of rotatable bonds is 5. The largest absolute Gasteiger partial charge is 0.416 e. The maximum atomic E-state index is 14.8. The molecule has 7 nitrogen and oxygen atoms in total. The standard InChI is InChI=1S/C26H20ClF4N5O2S/c27-18-3-2-16(19(11-18)26(29,30)31)13-35-21-4-1-15(9-17(21)12-33-35)10-23-24(37)36(25(38)39-23)22-5-7-34(8-6-32)14-20(22)28/h1-4,9-12,20,22H,5,7-8,13-14H2/t20-,22-/m0/s1. The average Bonchev–Trinajstić information content (AvgIpc) is 3.39. The van der Waals surface area contributed by atoms with E-state index >= 15 is 0 Å². The molecule has 2 saturated heterocycles. The summed E-state index contributed by atoms with van der Waals surface area (Å²) >= 11 is 6.50. The van der Waals surface area contributed by atoms with Crippen molar-refractivity contribution in [3.63, 3.8) is 0 Å². The second-order valence-electron chi connectivity index (χ2n) is 9.24. The zero-order valence-electron chi connectivity index (χ0n) is 20.2. The van der Waals surface area contributed by atoms with Crippen molar-refractivity contribution in [1.29, 1.82) is 5.26 Å². The van der Waals surface area contributed by atoms with Crippen molar-refractivity contribution in [2.24, 2.45) is 0 Å². The van der Waals surface area contributed by atoms with Gasteiger partial charge in [-0.1, -0.05) is 23.7 Å². The molecule has 2 aliphatic rings. The molecule has 0 spiro atoms. The second kappa shape index (κ2) is 10.6. The molecule has 0 bridgehead atoms. The molecule has 0 radical (unpaired) electrons. The minimum absolute atomic E-state index is 0.0132. The van der Waals surface area contributed by atoms with Gasteiger partial charge in [-0.25, -0.2) is 4.39 Å². The van der Waals surface area contributed by atoms with Crippen LogP contribution in [0.4, 0.5) is 22.4 Å². The third-order valence-electron chi connectivity index (χ3n) is 6.70.